The summed E-state index contributed by atoms with van der Waals surface area (Å²) in [4.78, 5) is 21.7. The van der Waals surface area contributed by atoms with E-state index in [1.165, 1.54) is 0 Å². The Morgan fingerprint density at radius 1 is 0.938 bits per heavy atom. The number of aliphatic carboxylic acids is 2. The molecule has 4 nitrogen and oxygen atoms in total. The Hall–Kier alpha value is -1.06. The smallest absolute Gasteiger partial charge is 0.306 e. The van der Waals surface area contributed by atoms with E-state index in [-0.39, 0.29) is 5.92 Å². The highest BCUT2D eigenvalue weighted by atomic mass is 16.4. The number of unbranched alkanes of at least 4 members (excludes halogenated alkanes) is 1. The molecule has 94 valence electrons. The highest BCUT2D eigenvalue weighted by Gasteiger charge is 2.21. The van der Waals surface area contributed by atoms with Crippen LogP contribution in [0.3, 0.4) is 0 Å². The molecule has 0 aromatic carbocycles. The first-order chi connectivity index (χ1) is 7.52. The molecule has 0 amide bonds. The van der Waals surface area contributed by atoms with Crippen LogP contribution < -0.4 is 0 Å². The van der Waals surface area contributed by atoms with Crippen molar-refractivity contribution in [2.24, 2.45) is 11.8 Å². The molecule has 0 aliphatic heterocycles. The van der Waals surface area contributed by atoms with Crippen molar-refractivity contribution in [3.63, 3.8) is 0 Å². The van der Waals surface area contributed by atoms with Crippen LogP contribution in [0.2, 0.25) is 0 Å². The summed E-state index contributed by atoms with van der Waals surface area (Å²) in [5.41, 5.74) is 0. The second kappa shape index (κ2) is 8.13. The van der Waals surface area contributed by atoms with E-state index in [9.17, 15) is 9.59 Å². The number of hydrogen-bond donors (Lipinski definition) is 2. The van der Waals surface area contributed by atoms with Gasteiger partial charge in [-0.1, -0.05) is 26.7 Å². The van der Waals surface area contributed by atoms with Crippen LogP contribution in [0.4, 0.5) is 0 Å². The highest BCUT2D eigenvalue weighted by molar-refractivity contribution is 5.71. The van der Waals surface area contributed by atoms with Gasteiger partial charge in [-0.05, 0) is 25.7 Å². The van der Waals surface area contributed by atoms with E-state index >= 15 is 0 Å². The van der Waals surface area contributed by atoms with E-state index < -0.39 is 17.9 Å². The molecule has 4 heteroatoms. The Kier molecular flexibility index (Phi) is 7.60. The normalized spacial score (nSPS) is 14.4. The minimum atomic E-state index is -0.817. The average molecular weight is 230 g/mol. The van der Waals surface area contributed by atoms with Gasteiger partial charge in [0.15, 0.2) is 0 Å². The number of hydrogen-bond acceptors (Lipinski definition) is 2. The maximum Gasteiger partial charge on any atom is 0.306 e. The Bertz CT molecular complexity index is 225. The SMILES string of the molecule is CCCCC(CCC(CC)C(=O)O)C(=O)O. The van der Waals surface area contributed by atoms with Crippen LogP contribution in [0.15, 0.2) is 0 Å². The predicted octanol–water partition coefficient (Wildman–Crippen LogP) is 2.77. The van der Waals surface area contributed by atoms with Crippen molar-refractivity contribution in [3.8, 4) is 0 Å². The maximum absolute atomic E-state index is 10.9. The van der Waals surface area contributed by atoms with Crippen LogP contribution in [-0.4, -0.2) is 22.2 Å². The quantitative estimate of drug-likeness (QED) is 0.638. The molecule has 2 unspecified atom stereocenters. The summed E-state index contributed by atoms with van der Waals surface area (Å²) in [7, 11) is 0. The van der Waals surface area contributed by atoms with Gasteiger partial charge in [0.2, 0.25) is 0 Å². The van der Waals surface area contributed by atoms with Crippen molar-refractivity contribution < 1.29 is 19.8 Å². The molecule has 0 aromatic heterocycles. The van der Waals surface area contributed by atoms with Crippen molar-refractivity contribution in [2.45, 2.75) is 52.4 Å². The van der Waals surface area contributed by atoms with Gasteiger partial charge in [0.05, 0.1) is 11.8 Å². The molecular weight excluding hydrogens is 208 g/mol. The zero-order valence-corrected chi connectivity index (χ0v) is 10.1. The van der Waals surface area contributed by atoms with Crippen LogP contribution in [0, 0.1) is 11.8 Å². The molecule has 0 spiro atoms. The molecular formula is C12H22O4. The van der Waals surface area contributed by atoms with E-state index in [0.717, 1.165) is 12.8 Å². The van der Waals surface area contributed by atoms with Crippen LogP contribution in [0.1, 0.15) is 52.4 Å². The lowest BCUT2D eigenvalue weighted by Crippen LogP contribution is -2.18. The van der Waals surface area contributed by atoms with Crippen LogP contribution in [0.25, 0.3) is 0 Å². The van der Waals surface area contributed by atoms with Gasteiger partial charge in [-0.15, -0.1) is 0 Å². The van der Waals surface area contributed by atoms with Gasteiger partial charge in [-0.3, -0.25) is 9.59 Å². The minimum Gasteiger partial charge on any atom is -0.481 e. The fourth-order valence-electron chi connectivity index (χ4n) is 1.75. The summed E-state index contributed by atoms with van der Waals surface area (Å²) in [6.07, 6.45) is 4.02. The summed E-state index contributed by atoms with van der Waals surface area (Å²) in [5, 5.41) is 17.8. The third-order valence-corrected chi connectivity index (χ3v) is 2.96. The Balaban J connectivity index is 4.09. The molecule has 0 radical (unpaired) electrons. The zero-order valence-electron chi connectivity index (χ0n) is 10.1. The summed E-state index contributed by atoms with van der Waals surface area (Å²) in [6, 6.07) is 0. The largest absolute Gasteiger partial charge is 0.481 e. The fraction of sp³-hybridized carbons (Fsp3) is 0.833. The predicted molar refractivity (Wildman–Crippen MR) is 61.3 cm³/mol. The minimum absolute atomic E-state index is 0.381. The van der Waals surface area contributed by atoms with Crippen molar-refractivity contribution in [1.29, 1.82) is 0 Å². The van der Waals surface area contributed by atoms with Crippen LogP contribution >= 0.6 is 0 Å². The Morgan fingerprint density at radius 2 is 1.44 bits per heavy atom. The summed E-state index contributed by atoms with van der Waals surface area (Å²) >= 11 is 0. The van der Waals surface area contributed by atoms with E-state index in [1.807, 2.05) is 13.8 Å². The lowest BCUT2D eigenvalue weighted by Gasteiger charge is -2.14. The standard InChI is InChI=1S/C12H22O4/c1-3-5-6-10(12(15)16)8-7-9(4-2)11(13)14/h9-10H,3-8H2,1-2H3,(H,13,14)(H,15,16). The summed E-state index contributed by atoms with van der Waals surface area (Å²) in [5.74, 6) is -2.40. The molecule has 0 saturated heterocycles. The molecule has 2 atom stereocenters. The third-order valence-electron chi connectivity index (χ3n) is 2.96. The molecule has 0 bridgehead atoms. The van der Waals surface area contributed by atoms with Crippen molar-refractivity contribution >= 4 is 11.9 Å². The number of carbonyl (C=O) groups is 2. The van der Waals surface area contributed by atoms with Gasteiger partial charge in [-0.2, -0.15) is 0 Å². The second-order valence-electron chi connectivity index (χ2n) is 4.20. The zero-order chi connectivity index (χ0) is 12.6. The summed E-state index contributed by atoms with van der Waals surface area (Å²) < 4.78 is 0. The maximum atomic E-state index is 10.9. The lowest BCUT2D eigenvalue weighted by molar-refractivity contribution is -0.145. The van der Waals surface area contributed by atoms with Crippen molar-refractivity contribution in [2.75, 3.05) is 0 Å². The van der Waals surface area contributed by atoms with Crippen LogP contribution in [0.5, 0.6) is 0 Å². The monoisotopic (exact) mass is 230 g/mol. The molecule has 0 heterocycles. The van der Waals surface area contributed by atoms with E-state index in [1.54, 1.807) is 0 Å². The first-order valence-corrected chi connectivity index (χ1v) is 5.98. The topological polar surface area (TPSA) is 74.6 Å². The van der Waals surface area contributed by atoms with Gasteiger partial charge in [-0.25, -0.2) is 0 Å². The molecule has 2 N–H and O–H groups in total. The molecule has 0 aliphatic carbocycles. The lowest BCUT2D eigenvalue weighted by atomic mass is 9.91. The highest BCUT2D eigenvalue weighted by Crippen LogP contribution is 2.20. The molecule has 0 fully saturated rings. The fourth-order valence-corrected chi connectivity index (χ4v) is 1.75. The molecule has 16 heavy (non-hydrogen) atoms. The molecule has 0 aliphatic rings. The van der Waals surface area contributed by atoms with E-state index in [4.69, 9.17) is 10.2 Å². The van der Waals surface area contributed by atoms with E-state index in [2.05, 4.69) is 0 Å². The van der Waals surface area contributed by atoms with Gasteiger partial charge < -0.3 is 10.2 Å². The molecule has 0 rings (SSSR count). The van der Waals surface area contributed by atoms with Crippen molar-refractivity contribution in [1.82, 2.24) is 0 Å². The first kappa shape index (κ1) is 14.9. The average Bonchev–Trinajstić information content (AvgIpc) is 2.22. The Morgan fingerprint density at radius 3 is 1.81 bits per heavy atom. The van der Waals surface area contributed by atoms with Gasteiger partial charge in [0, 0.05) is 0 Å². The van der Waals surface area contributed by atoms with Gasteiger partial charge >= 0.3 is 11.9 Å². The van der Waals surface area contributed by atoms with E-state index in [0.29, 0.717) is 25.7 Å². The Labute approximate surface area is 96.7 Å². The number of rotatable bonds is 9. The third kappa shape index (κ3) is 5.73. The first-order valence-electron chi connectivity index (χ1n) is 5.98. The summed E-state index contributed by atoms with van der Waals surface area (Å²) in [6.45, 7) is 3.84. The van der Waals surface area contributed by atoms with Crippen molar-refractivity contribution in [3.05, 3.63) is 0 Å². The number of carboxylic acids is 2. The second-order valence-corrected chi connectivity index (χ2v) is 4.20. The molecule has 0 aromatic rings. The van der Waals surface area contributed by atoms with Crippen LogP contribution in [-0.2, 0) is 9.59 Å². The number of carboxylic acid groups (broad SMARTS) is 2. The molecule has 0 saturated carbocycles. The van der Waals surface area contributed by atoms with Gasteiger partial charge in [0.25, 0.3) is 0 Å². The van der Waals surface area contributed by atoms with Gasteiger partial charge in [0.1, 0.15) is 0 Å².